The van der Waals surface area contributed by atoms with Crippen LogP contribution >= 0.6 is 0 Å². The number of carbonyl (C=O) groups excluding carboxylic acids is 1. The molecule has 0 aliphatic carbocycles. The van der Waals surface area contributed by atoms with E-state index in [4.69, 9.17) is 5.73 Å². The van der Waals surface area contributed by atoms with E-state index in [9.17, 15) is 9.18 Å². The predicted molar refractivity (Wildman–Crippen MR) is 66.1 cm³/mol. The van der Waals surface area contributed by atoms with Crippen LogP contribution in [0.1, 0.15) is 24.0 Å². The zero-order chi connectivity index (χ0) is 12.7. The number of aryl methyl sites for hydroxylation is 1. The summed E-state index contributed by atoms with van der Waals surface area (Å²) in [4.78, 5) is 11.3. The van der Waals surface area contributed by atoms with Gasteiger partial charge in [0.25, 0.3) is 0 Å². The van der Waals surface area contributed by atoms with Crippen molar-refractivity contribution in [3.63, 3.8) is 0 Å². The van der Waals surface area contributed by atoms with Crippen molar-refractivity contribution in [3.05, 3.63) is 35.1 Å². The van der Waals surface area contributed by atoms with Crippen LogP contribution in [0.25, 0.3) is 0 Å². The number of carbonyl (C=O) groups is 1. The zero-order valence-corrected chi connectivity index (χ0v) is 10.1. The molecular formula is C13H19FN2O. The lowest BCUT2D eigenvalue weighted by Gasteiger charge is -2.06. The minimum Gasteiger partial charge on any atom is -0.356 e. The van der Waals surface area contributed by atoms with Gasteiger partial charge >= 0.3 is 0 Å². The van der Waals surface area contributed by atoms with Crippen LogP contribution in [0.15, 0.2) is 18.2 Å². The number of benzene rings is 1. The van der Waals surface area contributed by atoms with Gasteiger partial charge in [-0.2, -0.15) is 0 Å². The molecule has 3 nitrogen and oxygen atoms in total. The predicted octanol–water partition coefficient (Wildman–Crippen LogP) is 1.53. The second-order valence-electron chi connectivity index (χ2n) is 4.08. The van der Waals surface area contributed by atoms with Crippen LogP contribution in [-0.2, 0) is 11.2 Å². The summed E-state index contributed by atoms with van der Waals surface area (Å²) in [7, 11) is 0. The number of hydrogen-bond acceptors (Lipinski definition) is 2. The summed E-state index contributed by atoms with van der Waals surface area (Å²) >= 11 is 0. The molecule has 94 valence electrons. The van der Waals surface area contributed by atoms with Crippen LogP contribution in [0.3, 0.4) is 0 Å². The summed E-state index contributed by atoms with van der Waals surface area (Å²) in [5.41, 5.74) is 6.98. The molecule has 0 radical (unpaired) electrons. The Hall–Kier alpha value is -1.42. The summed E-state index contributed by atoms with van der Waals surface area (Å²) < 4.78 is 13.0. The van der Waals surface area contributed by atoms with Crippen LogP contribution < -0.4 is 11.1 Å². The van der Waals surface area contributed by atoms with E-state index >= 15 is 0 Å². The fourth-order valence-electron chi connectivity index (χ4n) is 1.56. The van der Waals surface area contributed by atoms with E-state index < -0.39 is 0 Å². The van der Waals surface area contributed by atoms with Crippen molar-refractivity contribution in [2.24, 2.45) is 5.73 Å². The minimum absolute atomic E-state index is 0.0225. The van der Waals surface area contributed by atoms with E-state index in [0.29, 0.717) is 31.5 Å². The maximum Gasteiger partial charge on any atom is 0.220 e. The second kappa shape index (κ2) is 7.01. The topological polar surface area (TPSA) is 55.1 Å². The quantitative estimate of drug-likeness (QED) is 0.789. The van der Waals surface area contributed by atoms with E-state index in [-0.39, 0.29) is 11.7 Å². The van der Waals surface area contributed by atoms with Crippen molar-refractivity contribution >= 4 is 5.91 Å². The molecule has 0 bridgehead atoms. The van der Waals surface area contributed by atoms with Gasteiger partial charge in [0.05, 0.1) is 0 Å². The van der Waals surface area contributed by atoms with Crippen molar-refractivity contribution in [3.8, 4) is 0 Å². The highest BCUT2D eigenvalue weighted by Gasteiger charge is 2.01. The maximum absolute atomic E-state index is 13.0. The average Bonchev–Trinajstić information content (AvgIpc) is 2.31. The molecule has 4 heteroatoms. The number of halogens is 1. The first-order chi connectivity index (χ1) is 8.13. The molecule has 1 aromatic carbocycles. The Morgan fingerprint density at radius 1 is 1.47 bits per heavy atom. The smallest absolute Gasteiger partial charge is 0.220 e. The first-order valence-corrected chi connectivity index (χ1v) is 5.85. The lowest BCUT2D eigenvalue weighted by molar-refractivity contribution is -0.121. The van der Waals surface area contributed by atoms with Gasteiger partial charge in [-0.05, 0) is 43.5 Å². The number of rotatable bonds is 6. The Kier molecular flexibility index (Phi) is 5.63. The van der Waals surface area contributed by atoms with Gasteiger partial charge in [-0.15, -0.1) is 0 Å². The first-order valence-electron chi connectivity index (χ1n) is 5.85. The third-order valence-electron chi connectivity index (χ3n) is 2.57. The minimum atomic E-state index is -0.194. The highest BCUT2D eigenvalue weighted by Crippen LogP contribution is 2.09. The standard InChI is InChI=1S/C13H19FN2O/c1-10-9-11(4-5-12(10)14)6-8-16-13(17)3-2-7-15/h4-5,9H,2-3,6-8,15H2,1H3,(H,16,17). The van der Waals surface area contributed by atoms with Crippen LogP contribution in [0.2, 0.25) is 0 Å². The lowest BCUT2D eigenvalue weighted by Crippen LogP contribution is -2.26. The molecule has 0 fully saturated rings. The maximum atomic E-state index is 13.0. The molecule has 3 N–H and O–H groups in total. The van der Waals surface area contributed by atoms with Crippen LogP contribution in [0, 0.1) is 12.7 Å². The average molecular weight is 238 g/mol. The summed E-state index contributed by atoms with van der Waals surface area (Å²) in [5, 5.41) is 2.81. The monoisotopic (exact) mass is 238 g/mol. The highest BCUT2D eigenvalue weighted by molar-refractivity contribution is 5.75. The highest BCUT2D eigenvalue weighted by atomic mass is 19.1. The number of hydrogen-bond donors (Lipinski definition) is 2. The molecule has 17 heavy (non-hydrogen) atoms. The Morgan fingerprint density at radius 3 is 2.88 bits per heavy atom. The summed E-state index contributed by atoms with van der Waals surface area (Å²) in [6.45, 7) is 2.84. The number of nitrogens with one attached hydrogen (secondary N) is 1. The molecule has 0 atom stereocenters. The molecule has 0 aromatic heterocycles. The number of amides is 1. The van der Waals surface area contributed by atoms with Gasteiger partial charge in [0, 0.05) is 13.0 Å². The van der Waals surface area contributed by atoms with Gasteiger partial charge in [-0.1, -0.05) is 12.1 Å². The molecule has 1 rings (SSSR count). The molecule has 0 aliphatic rings. The third-order valence-corrected chi connectivity index (χ3v) is 2.57. The van der Waals surface area contributed by atoms with Crippen molar-refractivity contribution in [1.82, 2.24) is 5.32 Å². The molecule has 0 unspecified atom stereocenters. The fourth-order valence-corrected chi connectivity index (χ4v) is 1.56. The Morgan fingerprint density at radius 2 is 2.24 bits per heavy atom. The van der Waals surface area contributed by atoms with Gasteiger partial charge in [-0.3, -0.25) is 4.79 Å². The van der Waals surface area contributed by atoms with E-state index in [1.54, 1.807) is 19.1 Å². The van der Waals surface area contributed by atoms with Gasteiger partial charge in [0.2, 0.25) is 5.91 Å². The second-order valence-corrected chi connectivity index (χ2v) is 4.08. The molecule has 0 aliphatic heterocycles. The molecule has 0 spiro atoms. The fraction of sp³-hybridized carbons (Fsp3) is 0.462. The van der Waals surface area contributed by atoms with Crippen molar-refractivity contribution < 1.29 is 9.18 Å². The molecular weight excluding hydrogens is 219 g/mol. The molecule has 0 heterocycles. The number of nitrogens with two attached hydrogens (primary N) is 1. The lowest BCUT2D eigenvalue weighted by atomic mass is 10.1. The SMILES string of the molecule is Cc1cc(CCNC(=O)CCCN)ccc1F. The largest absolute Gasteiger partial charge is 0.356 e. The van der Waals surface area contributed by atoms with Crippen molar-refractivity contribution in [2.75, 3.05) is 13.1 Å². The van der Waals surface area contributed by atoms with E-state index in [0.717, 1.165) is 12.0 Å². The third kappa shape index (κ3) is 4.95. The first kappa shape index (κ1) is 13.6. The zero-order valence-electron chi connectivity index (χ0n) is 10.1. The van der Waals surface area contributed by atoms with Crippen LogP contribution in [0.4, 0.5) is 4.39 Å². The molecule has 1 amide bonds. The van der Waals surface area contributed by atoms with Crippen LogP contribution in [0.5, 0.6) is 0 Å². The summed E-state index contributed by atoms with van der Waals surface area (Å²) in [6, 6.07) is 5.01. The van der Waals surface area contributed by atoms with Crippen molar-refractivity contribution in [1.29, 1.82) is 0 Å². The Bertz CT molecular complexity index is 380. The Labute approximate surface area is 101 Å². The van der Waals surface area contributed by atoms with Gasteiger partial charge < -0.3 is 11.1 Å². The summed E-state index contributed by atoms with van der Waals surface area (Å²) in [5.74, 6) is -0.171. The molecule has 0 saturated heterocycles. The molecule has 1 aromatic rings. The van der Waals surface area contributed by atoms with Crippen LogP contribution in [-0.4, -0.2) is 19.0 Å². The van der Waals surface area contributed by atoms with E-state index in [1.165, 1.54) is 6.07 Å². The normalized spacial score (nSPS) is 10.3. The molecule has 0 saturated carbocycles. The van der Waals surface area contributed by atoms with E-state index in [2.05, 4.69) is 5.32 Å². The van der Waals surface area contributed by atoms with Crippen molar-refractivity contribution in [2.45, 2.75) is 26.2 Å². The Balaban J connectivity index is 2.30. The van der Waals surface area contributed by atoms with Gasteiger partial charge in [-0.25, -0.2) is 4.39 Å². The van der Waals surface area contributed by atoms with Gasteiger partial charge in [0.1, 0.15) is 5.82 Å². The summed E-state index contributed by atoms with van der Waals surface area (Å²) in [6.07, 6.45) is 1.90. The van der Waals surface area contributed by atoms with Gasteiger partial charge in [0.15, 0.2) is 0 Å². The van der Waals surface area contributed by atoms with E-state index in [1.807, 2.05) is 0 Å².